The van der Waals surface area contributed by atoms with Crippen molar-refractivity contribution >= 4 is 11.6 Å². The van der Waals surface area contributed by atoms with Gasteiger partial charge in [-0.05, 0) is 54.7 Å². The van der Waals surface area contributed by atoms with Gasteiger partial charge in [0.05, 0.1) is 6.61 Å². The van der Waals surface area contributed by atoms with Crippen LogP contribution in [-0.2, 0) is 6.42 Å². The van der Waals surface area contributed by atoms with Crippen LogP contribution in [-0.4, -0.2) is 11.7 Å². The highest BCUT2D eigenvalue weighted by Gasteiger charge is 2.11. The van der Waals surface area contributed by atoms with Gasteiger partial charge in [-0.3, -0.25) is 0 Å². The van der Waals surface area contributed by atoms with E-state index in [1.54, 1.807) is 0 Å². The molecule has 1 N–H and O–H groups in total. The molecule has 0 saturated carbocycles. The summed E-state index contributed by atoms with van der Waals surface area (Å²) in [6.07, 6.45) is 0.846. The predicted molar refractivity (Wildman–Crippen MR) is 80.9 cm³/mol. The fourth-order valence-corrected chi connectivity index (χ4v) is 2.36. The van der Waals surface area contributed by atoms with Gasteiger partial charge in [-0.2, -0.15) is 0 Å². The van der Waals surface area contributed by atoms with Crippen LogP contribution in [0.25, 0.3) is 0 Å². The van der Waals surface area contributed by atoms with Crippen LogP contribution in [0.5, 0.6) is 0 Å². The number of aliphatic hydroxyl groups excluding tert-OH is 1. The van der Waals surface area contributed by atoms with E-state index in [2.05, 4.69) is 32.0 Å². The van der Waals surface area contributed by atoms with E-state index in [4.69, 9.17) is 11.6 Å². The van der Waals surface area contributed by atoms with Crippen molar-refractivity contribution in [3.05, 3.63) is 69.7 Å². The van der Waals surface area contributed by atoms with Gasteiger partial charge < -0.3 is 5.11 Å². The predicted octanol–water partition coefficient (Wildman–Crippen LogP) is 4.28. The number of halogens is 1. The number of hydrogen-bond donors (Lipinski definition) is 1. The molecule has 0 radical (unpaired) electrons. The van der Waals surface area contributed by atoms with Crippen LogP contribution >= 0.6 is 11.6 Å². The molecule has 0 aliphatic rings. The fourth-order valence-electron chi connectivity index (χ4n) is 2.24. The lowest BCUT2D eigenvalue weighted by Crippen LogP contribution is -2.08. The zero-order valence-corrected chi connectivity index (χ0v) is 12.1. The number of aliphatic hydroxyl groups is 1. The maximum atomic E-state index is 9.60. The monoisotopic (exact) mass is 274 g/mol. The van der Waals surface area contributed by atoms with E-state index < -0.39 is 0 Å². The lowest BCUT2D eigenvalue weighted by atomic mass is 9.91. The van der Waals surface area contributed by atoms with Crippen molar-refractivity contribution in [2.75, 3.05) is 6.61 Å². The van der Waals surface area contributed by atoms with Gasteiger partial charge in [0.2, 0.25) is 0 Å². The second-order valence-electron chi connectivity index (χ2n) is 5.05. The molecular weight excluding hydrogens is 256 g/mol. The molecule has 1 atom stereocenters. The maximum absolute atomic E-state index is 9.60. The zero-order valence-electron chi connectivity index (χ0n) is 11.4. The van der Waals surface area contributed by atoms with Gasteiger partial charge in [0.15, 0.2) is 0 Å². The van der Waals surface area contributed by atoms with Crippen LogP contribution < -0.4 is 0 Å². The van der Waals surface area contributed by atoms with Crippen LogP contribution in [0.4, 0.5) is 0 Å². The third-order valence-electron chi connectivity index (χ3n) is 3.62. The van der Waals surface area contributed by atoms with Crippen molar-refractivity contribution in [3.63, 3.8) is 0 Å². The highest BCUT2D eigenvalue weighted by molar-refractivity contribution is 6.30. The first-order valence-electron chi connectivity index (χ1n) is 6.52. The van der Waals surface area contributed by atoms with Gasteiger partial charge in [0.25, 0.3) is 0 Å². The van der Waals surface area contributed by atoms with E-state index in [1.807, 2.05) is 24.3 Å². The fraction of sp³-hybridized carbons (Fsp3) is 0.294. The standard InChI is InChI=1S/C17H19ClO/c1-12-3-4-14(9-13(12)2)10-16(11-19)15-5-7-17(18)8-6-15/h3-9,16,19H,10-11H2,1-2H3. The second kappa shape index (κ2) is 6.23. The highest BCUT2D eigenvalue weighted by Crippen LogP contribution is 2.23. The Morgan fingerprint density at radius 1 is 1.00 bits per heavy atom. The van der Waals surface area contributed by atoms with Crippen molar-refractivity contribution in [2.24, 2.45) is 0 Å². The van der Waals surface area contributed by atoms with Crippen molar-refractivity contribution in [1.29, 1.82) is 0 Å². The van der Waals surface area contributed by atoms with E-state index in [-0.39, 0.29) is 12.5 Å². The Kier molecular flexibility index (Phi) is 4.62. The minimum absolute atomic E-state index is 0.124. The van der Waals surface area contributed by atoms with Gasteiger partial charge in [0.1, 0.15) is 0 Å². The summed E-state index contributed by atoms with van der Waals surface area (Å²) in [5.41, 5.74) is 4.99. The van der Waals surface area contributed by atoms with E-state index in [9.17, 15) is 5.11 Å². The first-order chi connectivity index (χ1) is 9.10. The summed E-state index contributed by atoms with van der Waals surface area (Å²) in [6.45, 7) is 4.38. The van der Waals surface area contributed by atoms with Crippen LogP contribution in [0, 0.1) is 13.8 Å². The smallest absolute Gasteiger partial charge is 0.0502 e. The van der Waals surface area contributed by atoms with Gasteiger partial charge in [-0.1, -0.05) is 41.9 Å². The maximum Gasteiger partial charge on any atom is 0.0502 e. The van der Waals surface area contributed by atoms with Crippen molar-refractivity contribution in [1.82, 2.24) is 0 Å². The number of rotatable bonds is 4. The van der Waals surface area contributed by atoms with Gasteiger partial charge >= 0.3 is 0 Å². The Bertz CT molecular complexity index is 546. The van der Waals surface area contributed by atoms with Crippen LogP contribution in [0.2, 0.25) is 5.02 Å². The van der Waals surface area contributed by atoms with E-state index in [0.29, 0.717) is 0 Å². The van der Waals surface area contributed by atoms with E-state index in [1.165, 1.54) is 16.7 Å². The molecule has 0 saturated heterocycles. The Morgan fingerprint density at radius 3 is 2.26 bits per heavy atom. The number of aryl methyl sites for hydroxylation is 2. The molecule has 2 heteroatoms. The lowest BCUT2D eigenvalue weighted by Gasteiger charge is -2.15. The van der Waals surface area contributed by atoms with E-state index >= 15 is 0 Å². The first-order valence-corrected chi connectivity index (χ1v) is 6.90. The number of hydrogen-bond acceptors (Lipinski definition) is 1. The SMILES string of the molecule is Cc1ccc(CC(CO)c2ccc(Cl)cc2)cc1C. The molecule has 0 bridgehead atoms. The molecule has 0 aromatic heterocycles. The largest absolute Gasteiger partial charge is 0.396 e. The van der Waals surface area contributed by atoms with Crippen molar-refractivity contribution in [2.45, 2.75) is 26.2 Å². The van der Waals surface area contributed by atoms with E-state index in [0.717, 1.165) is 17.0 Å². The van der Waals surface area contributed by atoms with Crippen molar-refractivity contribution < 1.29 is 5.11 Å². The van der Waals surface area contributed by atoms with Gasteiger partial charge in [-0.15, -0.1) is 0 Å². The van der Waals surface area contributed by atoms with Crippen molar-refractivity contribution in [3.8, 4) is 0 Å². The van der Waals surface area contributed by atoms with Crippen LogP contribution in [0.15, 0.2) is 42.5 Å². The Labute approximate surface area is 119 Å². The highest BCUT2D eigenvalue weighted by atomic mass is 35.5. The minimum Gasteiger partial charge on any atom is -0.396 e. The third-order valence-corrected chi connectivity index (χ3v) is 3.87. The Balaban J connectivity index is 2.18. The molecule has 0 spiro atoms. The van der Waals surface area contributed by atoms with Crippen LogP contribution in [0.1, 0.15) is 28.2 Å². The quantitative estimate of drug-likeness (QED) is 0.882. The molecule has 0 aliphatic carbocycles. The molecule has 0 heterocycles. The summed E-state index contributed by atoms with van der Waals surface area (Å²) < 4.78 is 0. The number of benzene rings is 2. The average molecular weight is 275 g/mol. The molecule has 0 aliphatic heterocycles. The first kappa shape index (κ1) is 14.1. The topological polar surface area (TPSA) is 20.2 Å². The third kappa shape index (κ3) is 3.59. The summed E-state index contributed by atoms with van der Waals surface area (Å²) in [5.74, 6) is 0.124. The van der Waals surface area contributed by atoms with Gasteiger partial charge in [0, 0.05) is 10.9 Å². The molecule has 1 nitrogen and oxygen atoms in total. The van der Waals surface area contributed by atoms with Crippen LogP contribution in [0.3, 0.4) is 0 Å². The summed E-state index contributed by atoms with van der Waals surface area (Å²) in [7, 11) is 0. The molecular formula is C17H19ClO. The normalized spacial score (nSPS) is 12.4. The molecule has 2 aromatic rings. The minimum atomic E-state index is 0.124. The lowest BCUT2D eigenvalue weighted by molar-refractivity contribution is 0.264. The summed E-state index contributed by atoms with van der Waals surface area (Å²) in [4.78, 5) is 0. The molecule has 100 valence electrons. The Morgan fingerprint density at radius 2 is 1.68 bits per heavy atom. The van der Waals surface area contributed by atoms with Gasteiger partial charge in [-0.25, -0.2) is 0 Å². The summed E-state index contributed by atoms with van der Waals surface area (Å²) >= 11 is 5.90. The average Bonchev–Trinajstić information content (AvgIpc) is 2.41. The second-order valence-corrected chi connectivity index (χ2v) is 5.49. The molecule has 19 heavy (non-hydrogen) atoms. The Hall–Kier alpha value is -1.31. The summed E-state index contributed by atoms with van der Waals surface area (Å²) in [5, 5.41) is 10.3. The molecule has 1 unspecified atom stereocenters. The zero-order chi connectivity index (χ0) is 13.8. The molecule has 2 rings (SSSR count). The molecule has 2 aromatic carbocycles. The summed E-state index contributed by atoms with van der Waals surface area (Å²) in [6, 6.07) is 14.2. The molecule has 0 fully saturated rings. The molecule has 0 amide bonds.